The Kier molecular flexibility index (Phi) is 8.90. The zero-order chi connectivity index (χ0) is 27.4. The summed E-state index contributed by atoms with van der Waals surface area (Å²) in [7, 11) is 0. The molecule has 1 fully saturated rings. The van der Waals surface area contributed by atoms with Crippen molar-refractivity contribution in [3.63, 3.8) is 0 Å². The Morgan fingerprint density at radius 1 is 1.08 bits per heavy atom. The van der Waals surface area contributed by atoms with Crippen molar-refractivity contribution in [3.8, 4) is 0 Å². The van der Waals surface area contributed by atoms with Crippen molar-refractivity contribution in [2.24, 2.45) is 0 Å². The highest BCUT2D eigenvalue weighted by Gasteiger charge is 2.39. The number of urea groups is 1. The van der Waals surface area contributed by atoms with Gasteiger partial charge in [0.2, 0.25) is 0 Å². The number of nitrogens with one attached hydrogen (secondary N) is 2. The Balaban J connectivity index is 1.48. The fourth-order valence-corrected chi connectivity index (χ4v) is 5.44. The van der Waals surface area contributed by atoms with Gasteiger partial charge in [-0.15, -0.1) is 0 Å². The minimum atomic E-state index is -0.643. The van der Waals surface area contributed by atoms with Gasteiger partial charge in [0.15, 0.2) is 0 Å². The van der Waals surface area contributed by atoms with E-state index in [1.54, 1.807) is 35.2 Å². The van der Waals surface area contributed by atoms with E-state index in [0.717, 1.165) is 19.8 Å². The lowest BCUT2D eigenvalue weighted by Crippen LogP contribution is -2.42. The highest BCUT2D eigenvalue weighted by atomic mass is 79.9. The van der Waals surface area contributed by atoms with Crippen LogP contribution >= 0.6 is 39.3 Å². The van der Waals surface area contributed by atoms with E-state index in [0.29, 0.717) is 23.7 Å². The normalized spacial score (nSPS) is 17.3. The molecule has 2 unspecified atom stereocenters. The fourth-order valence-electron chi connectivity index (χ4n) is 4.13. The largest absolute Gasteiger partial charge is 0.444 e. The molecular formula is C28H28BrClFN3O3S. The number of amides is 3. The van der Waals surface area contributed by atoms with Crippen LogP contribution in [0.25, 0.3) is 0 Å². The van der Waals surface area contributed by atoms with E-state index in [2.05, 4.69) is 26.6 Å². The van der Waals surface area contributed by atoms with Crippen molar-refractivity contribution < 1.29 is 18.7 Å². The van der Waals surface area contributed by atoms with Gasteiger partial charge in [-0.2, -0.15) is 0 Å². The van der Waals surface area contributed by atoms with Gasteiger partial charge in [-0.3, -0.25) is 4.90 Å². The number of likely N-dealkylation sites (tertiary alicyclic amines) is 1. The van der Waals surface area contributed by atoms with Gasteiger partial charge in [0.1, 0.15) is 11.4 Å². The first-order valence-corrected chi connectivity index (χ1v) is 14.0. The molecule has 0 aliphatic carbocycles. The van der Waals surface area contributed by atoms with Crippen molar-refractivity contribution in [3.05, 3.63) is 87.6 Å². The maximum atomic E-state index is 13.3. The first-order valence-electron chi connectivity index (χ1n) is 12.0. The molecule has 38 heavy (non-hydrogen) atoms. The van der Waals surface area contributed by atoms with E-state index in [9.17, 15) is 14.0 Å². The average molecular weight is 621 g/mol. The Hall–Kier alpha value is -2.75. The topological polar surface area (TPSA) is 70.7 Å². The summed E-state index contributed by atoms with van der Waals surface area (Å²) in [4.78, 5) is 29.3. The van der Waals surface area contributed by atoms with Gasteiger partial charge in [0.25, 0.3) is 0 Å². The molecule has 0 spiro atoms. The molecule has 4 rings (SSSR count). The van der Waals surface area contributed by atoms with Crippen molar-refractivity contribution in [1.82, 2.24) is 10.2 Å². The number of ether oxygens (including phenoxy) is 1. The lowest BCUT2D eigenvalue weighted by Gasteiger charge is -2.28. The molecule has 6 nitrogen and oxygen atoms in total. The SMILES string of the molecule is CC(C)(C)OC(=O)N1CC(NC(=O)Nc2cc(Cl)ccc2Sc2ccc(F)cc2)CC1c1ccc(Br)cc1. The first-order chi connectivity index (χ1) is 18.0. The summed E-state index contributed by atoms with van der Waals surface area (Å²) in [5, 5.41) is 6.35. The van der Waals surface area contributed by atoms with Gasteiger partial charge >= 0.3 is 12.1 Å². The van der Waals surface area contributed by atoms with E-state index >= 15 is 0 Å². The second-order valence-electron chi connectivity index (χ2n) is 9.93. The van der Waals surface area contributed by atoms with Gasteiger partial charge < -0.3 is 15.4 Å². The molecule has 3 amide bonds. The third-order valence-corrected chi connectivity index (χ3v) is 7.60. The third-order valence-electron chi connectivity index (χ3n) is 5.75. The Labute approximate surface area is 239 Å². The van der Waals surface area contributed by atoms with Crippen LogP contribution in [0.4, 0.5) is 19.7 Å². The number of anilines is 1. The molecule has 2 N–H and O–H groups in total. The molecule has 3 aromatic rings. The molecule has 3 aromatic carbocycles. The quantitative estimate of drug-likeness (QED) is 0.301. The van der Waals surface area contributed by atoms with Crippen molar-refractivity contribution in [2.75, 3.05) is 11.9 Å². The minimum absolute atomic E-state index is 0.251. The molecule has 0 radical (unpaired) electrons. The van der Waals surface area contributed by atoms with Gasteiger partial charge in [-0.05, 0) is 87.4 Å². The first kappa shape index (κ1) is 28.3. The minimum Gasteiger partial charge on any atom is -0.444 e. The number of carbonyl (C=O) groups excluding carboxylic acids is 2. The van der Waals surface area contributed by atoms with E-state index < -0.39 is 17.7 Å². The molecular weight excluding hydrogens is 593 g/mol. The summed E-state index contributed by atoms with van der Waals surface area (Å²) in [5.74, 6) is -0.318. The van der Waals surface area contributed by atoms with Crippen LogP contribution in [-0.2, 0) is 4.74 Å². The number of hydrogen-bond acceptors (Lipinski definition) is 4. The molecule has 1 heterocycles. The number of rotatable bonds is 5. The molecule has 1 aliphatic rings. The number of benzene rings is 3. The second kappa shape index (κ2) is 12.0. The summed E-state index contributed by atoms with van der Waals surface area (Å²) in [5.41, 5.74) is 0.836. The monoisotopic (exact) mass is 619 g/mol. The predicted octanol–water partition coefficient (Wildman–Crippen LogP) is 8.27. The zero-order valence-electron chi connectivity index (χ0n) is 21.1. The van der Waals surface area contributed by atoms with Gasteiger partial charge in [0, 0.05) is 25.8 Å². The standard InChI is InChI=1S/C28H28BrClFN3O3S/c1-28(2,3)37-27(36)34-16-21(15-24(34)17-4-6-18(29)7-5-17)32-26(35)33-23-14-19(30)8-13-25(23)38-22-11-9-20(31)10-12-22/h4-14,21,24H,15-16H2,1-3H3,(H2,32,33,35). The van der Waals surface area contributed by atoms with Gasteiger partial charge in [-0.1, -0.05) is 51.4 Å². The molecule has 2 atom stereocenters. The summed E-state index contributed by atoms with van der Waals surface area (Å²) in [6, 6.07) is 18.1. The van der Waals surface area contributed by atoms with Gasteiger partial charge in [0.05, 0.1) is 17.8 Å². The molecule has 1 saturated heterocycles. The van der Waals surface area contributed by atoms with Crippen LogP contribution in [0.1, 0.15) is 38.8 Å². The predicted molar refractivity (Wildman–Crippen MR) is 152 cm³/mol. The Morgan fingerprint density at radius 3 is 2.42 bits per heavy atom. The zero-order valence-corrected chi connectivity index (χ0v) is 24.3. The third kappa shape index (κ3) is 7.65. The number of carbonyl (C=O) groups is 2. The van der Waals surface area contributed by atoms with Gasteiger partial charge in [-0.25, -0.2) is 14.0 Å². The summed E-state index contributed by atoms with van der Waals surface area (Å²) in [6.07, 6.45) is 0.101. The smallest absolute Gasteiger partial charge is 0.410 e. The molecule has 0 saturated carbocycles. The van der Waals surface area contributed by atoms with E-state index in [1.807, 2.05) is 45.0 Å². The molecule has 0 aromatic heterocycles. The van der Waals surface area contributed by atoms with Crippen LogP contribution in [0.5, 0.6) is 0 Å². The van der Waals surface area contributed by atoms with Crippen molar-refractivity contribution in [1.29, 1.82) is 0 Å². The molecule has 0 bridgehead atoms. The van der Waals surface area contributed by atoms with Crippen molar-refractivity contribution >= 4 is 57.1 Å². The van der Waals surface area contributed by atoms with Crippen LogP contribution in [0.2, 0.25) is 5.02 Å². The summed E-state index contributed by atoms with van der Waals surface area (Å²) in [6.45, 7) is 5.78. The average Bonchev–Trinajstić information content (AvgIpc) is 3.25. The molecule has 1 aliphatic heterocycles. The Bertz CT molecular complexity index is 1300. The van der Waals surface area contributed by atoms with Crippen LogP contribution in [0.15, 0.2) is 81.0 Å². The van der Waals surface area contributed by atoms with E-state index in [-0.39, 0.29) is 17.9 Å². The molecule has 200 valence electrons. The summed E-state index contributed by atoms with van der Waals surface area (Å²) >= 11 is 11.0. The van der Waals surface area contributed by atoms with Crippen LogP contribution < -0.4 is 10.6 Å². The lowest BCUT2D eigenvalue weighted by molar-refractivity contribution is 0.0221. The van der Waals surface area contributed by atoms with Crippen LogP contribution in [0, 0.1) is 5.82 Å². The number of hydrogen-bond donors (Lipinski definition) is 2. The highest BCUT2D eigenvalue weighted by molar-refractivity contribution is 9.10. The van der Waals surface area contributed by atoms with Crippen molar-refractivity contribution in [2.45, 2.75) is 54.7 Å². The number of nitrogens with zero attached hydrogens (tertiary/aromatic N) is 1. The number of halogens is 3. The fraction of sp³-hybridized carbons (Fsp3) is 0.286. The lowest BCUT2D eigenvalue weighted by atomic mass is 10.0. The Morgan fingerprint density at radius 2 is 1.76 bits per heavy atom. The van der Waals surface area contributed by atoms with Crippen LogP contribution in [0.3, 0.4) is 0 Å². The van der Waals surface area contributed by atoms with E-state index in [1.165, 1.54) is 23.9 Å². The summed E-state index contributed by atoms with van der Waals surface area (Å²) < 4.78 is 19.9. The highest BCUT2D eigenvalue weighted by Crippen LogP contribution is 2.36. The molecule has 10 heteroatoms. The second-order valence-corrected chi connectivity index (χ2v) is 12.4. The van der Waals surface area contributed by atoms with Crippen LogP contribution in [-0.4, -0.2) is 35.2 Å². The maximum absolute atomic E-state index is 13.3. The maximum Gasteiger partial charge on any atom is 0.410 e. The van der Waals surface area contributed by atoms with E-state index in [4.69, 9.17) is 16.3 Å².